The number of amides is 1. The van der Waals surface area contributed by atoms with Gasteiger partial charge in [-0.3, -0.25) is 4.79 Å². The van der Waals surface area contributed by atoms with Crippen molar-refractivity contribution in [1.82, 2.24) is 4.31 Å². The number of halogens is 1. The van der Waals surface area contributed by atoms with Crippen LogP contribution in [0, 0.1) is 17.7 Å². The van der Waals surface area contributed by atoms with Gasteiger partial charge in [0.1, 0.15) is 5.82 Å². The number of benzene rings is 2. The highest BCUT2D eigenvalue weighted by Crippen LogP contribution is 2.34. The average Bonchev–Trinajstić information content (AvgIpc) is 3.52. The van der Waals surface area contributed by atoms with Crippen LogP contribution < -0.4 is 10.2 Å². The molecule has 0 spiro atoms. The maximum atomic E-state index is 13.4. The molecule has 2 aromatic carbocycles. The molecule has 1 aliphatic carbocycles. The second-order valence-electron chi connectivity index (χ2n) is 8.58. The van der Waals surface area contributed by atoms with Crippen LogP contribution >= 0.6 is 0 Å². The standard InChI is InChI=1S/C23H30FN3O3S/c1-16(2)23(28)25-20-9-12-22(26(3)4)18(13-20)15-27(14-17-5-6-17)31(29,30)21-10-7-19(24)8-11-21/h7-13,16-17H,5-6,14-15H2,1-4H3,(H,25,28). The second-order valence-corrected chi connectivity index (χ2v) is 10.5. The topological polar surface area (TPSA) is 69.7 Å². The highest BCUT2D eigenvalue weighted by Gasteiger charge is 2.32. The molecule has 168 valence electrons. The molecule has 1 fully saturated rings. The molecule has 0 unspecified atom stereocenters. The van der Waals surface area contributed by atoms with Gasteiger partial charge in [0, 0.05) is 44.5 Å². The van der Waals surface area contributed by atoms with E-state index in [4.69, 9.17) is 0 Å². The highest BCUT2D eigenvalue weighted by molar-refractivity contribution is 7.89. The summed E-state index contributed by atoms with van der Waals surface area (Å²) in [6.45, 7) is 4.21. The van der Waals surface area contributed by atoms with E-state index in [9.17, 15) is 17.6 Å². The molecule has 2 aromatic rings. The summed E-state index contributed by atoms with van der Waals surface area (Å²) in [5, 5.41) is 2.88. The summed E-state index contributed by atoms with van der Waals surface area (Å²) in [7, 11) is -0.0146. The summed E-state index contributed by atoms with van der Waals surface area (Å²) in [4.78, 5) is 14.1. The van der Waals surface area contributed by atoms with Gasteiger partial charge in [-0.1, -0.05) is 13.8 Å². The molecule has 1 amide bonds. The normalized spacial score (nSPS) is 14.2. The smallest absolute Gasteiger partial charge is 0.243 e. The number of anilines is 2. The van der Waals surface area contributed by atoms with Crippen LogP contribution in [0.3, 0.4) is 0 Å². The summed E-state index contributed by atoms with van der Waals surface area (Å²) < 4.78 is 41.5. The van der Waals surface area contributed by atoms with E-state index in [1.807, 2.05) is 51.0 Å². The number of rotatable bonds is 9. The summed E-state index contributed by atoms with van der Waals surface area (Å²) in [6.07, 6.45) is 2.00. The van der Waals surface area contributed by atoms with Crippen molar-refractivity contribution >= 4 is 27.3 Å². The molecule has 0 radical (unpaired) electrons. The molecular formula is C23H30FN3O3S. The van der Waals surface area contributed by atoms with Crippen molar-refractivity contribution in [3.8, 4) is 0 Å². The van der Waals surface area contributed by atoms with E-state index in [1.165, 1.54) is 16.4 Å². The number of hydrogen-bond acceptors (Lipinski definition) is 4. The number of carbonyl (C=O) groups excluding carboxylic acids is 1. The maximum Gasteiger partial charge on any atom is 0.243 e. The molecule has 3 rings (SSSR count). The zero-order valence-electron chi connectivity index (χ0n) is 18.4. The summed E-state index contributed by atoms with van der Waals surface area (Å²) in [5.74, 6) is -0.405. The van der Waals surface area contributed by atoms with Crippen LogP contribution in [-0.4, -0.2) is 39.3 Å². The minimum absolute atomic E-state index is 0.0743. The first-order valence-corrected chi connectivity index (χ1v) is 11.9. The van der Waals surface area contributed by atoms with Crippen molar-refractivity contribution in [3.05, 3.63) is 53.8 Å². The molecule has 31 heavy (non-hydrogen) atoms. The van der Waals surface area contributed by atoms with Crippen LogP contribution in [0.1, 0.15) is 32.3 Å². The van der Waals surface area contributed by atoms with Gasteiger partial charge in [0.15, 0.2) is 0 Å². The van der Waals surface area contributed by atoms with Gasteiger partial charge in [-0.05, 0) is 66.8 Å². The Morgan fingerprint density at radius 1 is 1.13 bits per heavy atom. The predicted octanol–water partition coefficient (Wildman–Crippen LogP) is 4.09. The molecule has 0 aliphatic heterocycles. The number of nitrogens with one attached hydrogen (secondary N) is 1. The van der Waals surface area contributed by atoms with E-state index in [0.717, 1.165) is 36.2 Å². The summed E-state index contributed by atoms with van der Waals surface area (Å²) in [6, 6.07) is 10.5. The Morgan fingerprint density at radius 3 is 2.32 bits per heavy atom. The molecule has 6 nitrogen and oxygen atoms in total. The Balaban J connectivity index is 1.96. The molecule has 8 heteroatoms. The lowest BCUT2D eigenvalue weighted by Gasteiger charge is -2.26. The first kappa shape index (κ1) is 23.2. The molecule has 1 saturated carbocycles. The predicted molar refractivity (Wildman–Crippen MR) is 121 cm³/mol. The van der Waals surface area contributed by atoms with Gasteiger partial charge in [-0.15, -0.1) is 0 Å². The average molecular weight is 448 g/mol. The first-order chi connectivity index (χ1) is 14.6. The third kappa shape index (κ3) is 5.83. The molecular weight excluding hydrogens is 417 g/mol. The van der Waals surface area contributed by atoms with Crippen molar-refractivity contribution < 1.29 is 17.6 Å². The molecule has 0 atom stereocenters. The van der Waals surface area contributed by atoms with Crippen LogP contribution in [0.15, 0.2) is 47.4 Å². The Morgan fingerprint density at radius 2 is 1.77 bits per heavy atom. The van der Waals surface area contributed by atoms with Crippen LogP contribution in [0.5, 0.6) is 0 Å². The van der Waals surface area contributed by atoms with E-state index in [2.05, 4.69) is 5.32 Å². The van der Waals surface area contributed by atoms with E-state index in [1.54, 1.807) is 0 Å². The van der Waals surface area contributed by atoms with Crippen LogP contribution in [0.25, 0.3) is 0 Å². The van der Waals surface area contributed by atoms with Gasteiger partial charge < -0.3 is 10.2 Å². The zero-order chi connectivity index (χ0) is 22.8. The number of hydrogen-bond donors (Lipinski definition) is 1. The van der Waals surface area contributed by atoms with Gasteiger partial charge in [0.25, 0.3) is 0 Å². The minimum Gasteiger partial charge on any atom is -0.377 e. The molecule has 1 N–H and O–H groups in total. The van der Waals surface area contributed by atoms with Crippen molar-refractivity contribution in [2.45, 2.75) is 38.1 Å². The molecule has 0 heterocycles. The third-order valence-electron chi connectivity index (χ3n) is 5.31. The molecule has 1 aliphatic rings. The fourth-order valence-corrected chi connectivity index (χ4v) is 4.79. The van der Waals surface area contributed by atoms with Gasteiger partial charge in [0.05, 0.1) is 4.90 Å². The lowest BCUT2D eigenvalue weighted by molar-refractivity contribution is -0.118. The fourth-order valence-electron chi connectivity index (χ4n) is 3.29. The first-order valence-electron chi connectivity index (χ1n) is 10.4. The van der Waals surface area contributed by atoms with Gasteiger partial charge in [0.2, 0.25) is 15.9 Å². The number of nitrogens with zero attached hydrogens (tertiary/aromatic N) is 2. The van der Waals surface area contributed by atoms with E-state index < -0.39 is 15.8 Å². The summed E-state index contributed by atoms with van der Waals surface area (Å²) >= 11 is 0. The van der Waals surface area contributed by atoms with Crippen molar-refractivity contribution in [2.24, 2.45) is 11.8 Å². The third-order valence-corrected chi connectivity index (χ3v) is 7.14. The second kappa shape index (κ2) is 9.36. The highest BCUT2D eigenvalue weighted by atomic mass is 32.2. The van der Waals surface area contributed by atoms with Gasteiger partial charge in [-0.2, -0.15) is 4.31 Å². The lowest BCUT2D eigenvalue weighted by Crippen LogP contribution is -2.33. The summed E-state index contributed by atoms with van der Waals surface area (Å²) in [5.41, 5.74) is 2.29. The Kier molecular flexibility index (Phi) is 7.01. The SMILES string of the molecule is CC(C)C(=O)Nc1ccc(N(C)C)c(CN(CC2CC2)S(=O)(=O)c2ccc(F)cc2)c1. The van der Waals surface area contributed by atoms with E-state index in [0.29, 0.717) is 18.2 Å². The molecule has 0 bridgehead atoms. The number of carbonyl (C=O) groups is 1. The van der Waals surface area contributed by atoms with Crippen LogP contribution in [-0.2, 0) is 21.4 Å². The lowest BCUT2D eigenvalue weighted by atomic mass is 10.1. The van der Waals surface area contributed by atoms with E-state index in [-0.39, 0.29) is 23.3 Å². The van der Waals surface area contributed by atoms with Crippen molar-refractivity contribution in [1.29, 1.82) is 0 Å². The minimum atomic E-state index is -3.80. The van der Waals surface area contributed by atoms with Crippen LogP contribution in [0.4, 0.5) is 15.8 Å². The largest absolute Gasteiger partial charge is 0.377 e. The Labute approximate surface area is 184 Å². The Bertz CT molecular complexity index is 1030. The van der Waals surface area contributed by atoms with Gasteiger partial charge in [-0.25, -0.2) is 12.8 Å². The van der Waals surface area contributed by atoms with E-state index >= 15 is 0 Å². The fraction of sp³-hybridized carbons (Fsp3) is 0.435. The van der Waals surface area contributed by atoms with Crippen LogP contribution in [0.2, 0.25) is 0 Å². The molecule has 0 aromatic heterocycles. The quantitative estimate of drug-likeness (QED) is 0.629. The molecule has 0 saturated heterocycles. The number of sulfonamides is 1. The monoisotopic (exact) mass is 447 g/mol. The van der Waals surface area contributed by atoms with Crippen molar-refractivity contribution in [2.75, 3.05) is 30.9 Å². The maximum absolute atomic E-state index is 13.4. The Hall–Kier alpha value is -2.45. The van der Waals surface area contributed by atoms with Gasteiger partial charge >= 0.3 is 0 Å². The zero-order valence-corrected chi connectivity index (χ0v) is 19.2. The van der Waals surface area contributed by atoms with Crippen molar-refractivity contribution in [3.63, 3.8) is 0 Å².